The maximum Gasteiger partial charge on any atom is 0.341 e. The third-order valence-electron chi connectivity index (χ3n) is 6.82. The standard InChI is InChI=1S/C24H25FN4O6/c25-16-17(26)15-19-21(18(16)27-8-4-9-28-22(31)14-5-3-10-34-14)35-12-24(6-1-2-7-24)29(19)11-13(20(15)30)23(32)33/h3,5,10-11,27H,1-2,4,6-9,12,26H2,(H,28,31)(H,32,33). The van der Waals surface area contributed by atoms with Crippen molar-refractivity contribution in [2.75, 3.05) is 30.7 Å². The summed E-state index contributed by atoms with van der Waals surface area (Å²) in [5.74, 6) is -2.28. The van der Waals surface area contributed by atoms with Gasteiger partial charge in [-0.25, -0.2) is 9.18 Å². The van der Waals surface area contributed by atoms with E-state index < -0.39 is 34.0 Å². The number of furan rings is 1. The fourth-order valence-corrected chi connectivity index (χ4v) is 5.07. The zero-order valence-corrected chi connectivity index (χ0v) is 18.9. The largest absolute Gasteiger partial charge is 0.487 e. The monoisotopic (exact) mass is 484 g/mol. The van der Waals surface area contributed by atoms with Crippen LogP contribution in [0.5, 0.6) is 5.75 Å². The predicted octanol–water partition coefficient (Wildman–Crippen LogP) is 2.91. The Morgan fingerprint density at radius 2 is 2.03 bits per heavy atom. The number of aromatic nitrogens is 1. The number of rotatable bonds is 7. The lowest BCUT2D eigenvalue weighted by molar-refractivity contribution is 0.0692. The van der Waals surface area contributed by atoms with E-state index in [1.165, 1.54) is 12.5 Å². The second-order valence-corrected chi connectivity index (χ2v) is 8.94. The van der Waals surface area contributed by atoms with Crippen LogP contribution < -0.4 is 26.5 Å². The molecule has 5 N–H and O–H groups in total. The highest BCUT2D eigenvalue weighted by Gasteiger charge is 2.43. The summed E-state index contributed by atoms with van der Waals surface area (Å²) in [7, 11) is 0. The Morgan fingerprint density at radius 1 is 1.26 bits per heavy atom. The summed E-state index contributed by atoms with van der Waals surface area (Å²) in [6.07, 6.45) is 6.56. The number of benzene rings is 1. The van der Waals surface area contributed by atoms with Gasteiger partial charge in [0.05, 0.1) is 28.4 Å². The van der Waals surface area contributed by atoms with Crippen molar-refractivity contribution in [3.8, 4) is 5.75 Å². The number of anilines is 2. The first-order chi connectivity index (χ1) is 16.8. The number of carbonyl (C=O) groups is 2. The van der Waals surface area contributed by atoms with Crippen LogP contribution in [0.4, 0.5) is 15.8 Å². The van der Waals surface area contributed by atoms with Crippen LogP contribution in [0, 0.1) is 5.82 Å². The maximum atomic E-state index is 15.4. The van der Waals surface area contributed by atoms with E-state index in [1.54, 1.807) is 16.7 Å². The quantitative estimate of drug-likeness (QED) is 0.295. The van der Waals surface area contributed by atoms with Gasteiger partial charge in [-0.3, -0.25) is 9.59 Å². The number of carboxylic acid groups (broad SMARTS) is 1. The number of hydrogen-bond acceptors (Lipinski definition) is 7. The average Bonchev–Trinajstić information content (AvgIpc) is 3.53. The Hall–Kier alpha value is -4.02. The van der Waals surface area contributed by atoms with Crippen molar-refractivity contribution < 1.29 is 28.2 Å². The Balaban J connectivity index is 1.48. The highest BCUT2D eigenvalue weighted by Crippen LogP contribution is 2.48. The van der Waals surface area contributed by atoms with E-state index in [0.717, 1.165) is 25.7 Å². The van der Waals surface area contributed by atoms with E-state index in [-0.39, 0.29) is 41.6 Å². The summed E-state index contributed by atoms with van der Waals surface area (Å²) < 4.78 is 28.3. The third-order valence-corrected chi connectivity index (χ3v) is 6.82. The molecular formula is C24H25FN4O6. The molecule has 3 aromatic rings. The molecule has 1 saturated carbocycles. The molecule has 0 bridgehead atoms. The molecule has 0 radical (unpaired) electrons. The topological polar surface area (TPSA) is 149 Å². The minimum atomic E-state index is -1.39. The molecule has 1 aliphatic heterocycles. The van der Waals surface area contributed by atoms with Crippen LogP contribution >= 0.6 is 0 Å². The number of nitrogens with two attached hydrogens (primary N) is 1. The van der Waals surface area contributed by atoms with Crippen molar-refractivity contribution in [3.63, 3.8) is 0 Å². The van der Waals surface area contributed by atoms with E-state index in [2.05, 4.69) is 10.6 Å². The van der Waals surface area contributed by atoms with Crippen LogP contribution in [-0.2, 0) is 5.54 Å². The van der Waals surface area contributed by atoms with Gasteiger partial charge in [0.1, 0.15) is 17.9 Å². The molecule has 35 heavy (non-hydrogen) atoms. The molecule has 0 saturated heterocycles. The van der Waals surface area contributed by atoms with Crippen LogP contribution in [0.15, 0.2) is 33.8 Å². The molecule has 3 heterocycles. The number of amides is 1. The fourth-order valence-electron chi connectivity index (χ4n) is 5.07. The first-order valence-electron chi connectivity index (χ1n) is 11.5. The Labute approximate surface area is 198 Å². The molecule has 0 atom stereocenters. The highest BCUT2D eigenvalue weighted by atomic mass is 19.1. The molecule has 184 valence electrons. The molecule has 10 nitrogen and oxygen atoms in total. The van der Waals surface area contributed by atoms with Crippen molar-refractivity contribution in [3.05, 3.63) is 52.0 Å². The first-order valence-corrected chi connectivity index (χ1v) is 11.5. The second kappa shape index (κ2) is 8.64. The number of hydrogen-bond donors (Lipinski definition) is 4. The third kappa shape index (κ3) is 3.67. The van der Waals surface area contributed by atoms with Gasteiger partial charge in [0, 0.05) is 19.3 Å². The molecule has 1 aliphatic carbocycles. The number of nitrogens with zero attached hydrogens (tertiary/aromatic N) is 1. The minimum Gasteiger partial charge on any atom is -0.487 e. The molecule has 2 aliphatic rings. The second-order valence-electron chi connectivity index (χ2n) is 8.94. The Morgan fingerprint density at radius 3 is 2.71 bits per heavy atom. The van der Waals surface area contributed by atoms with Crippen molar-refractivity contribution in [2.24, 2.45) is 0 Å². The van der Waals surface area contributed by atoms with Gasteiger partial charge >= 0.3 is 5.97 Å². The summed E-state index contributed by atoms with van der Waals surface area (Å²) >= 11 is 0. The van der Waals surface area contributed by atoms with Gasteiger partial charge in [-0.15, -0.1) is 0 Å². The summed E-state index contributed by atoms with van der Waals surface area (Å²) in [4.78, 5) is 36.8. The average molecular weight is 484 g/mol. The molecule has 1 spiro atoms. The lowest BCUT2D eigenvalue weighted by Crippen LogP contribution is -2.42. The number of pyridine rings is 1. The van der Waals surface area contributed by atoms with E-state index >= 15 is 4.39 Å². The Kier molecular flexibility index (Phi) is 5.62. The van der Waals surface area contributed by atoms with Crippen molar-refractivity contribution in [1.29, 1.82) is 0 Å². The molecule has 1 amide bonds. The lowest BCUT2D eigenvalue weighted by atomic mass is 9.93. The van der Waals surface area contributed by atoms with Gasteiger partial charge in [0.2, 0.25) is 5.43 Å². The first kappa shape index (κ1) is 22.8. The summed E-state index contributed by atoms with van der Waals surface area (Å²) in [6, 6.07) is 3.17. The molecule has 1 fully saturated rings. The smallest absolute Gasteiger partial charge is 0.341 e. The van der Waals surface area contributed by atoms with Crippen molar-refractivity contribution in [2.45, 2.75) is 37.6 Å². The number of nitrogen functional groups attached to an aromatic ring is 1. The zero-order valence-electron chi connectivity index (χ0n) is 18.9. The van der Waals surface area contributed by atoms with Gasteiger partial charge in [0.15, 0.2) is 17.3 Å². The van der Waals surface area contributed by atoms with Crippen LogP contribution in [0.25, 0.3) is 10.9 Å². The van der Waals surface area contributed by atoms with Crippen molar-refractivity contribution in [1.82, 2.24) is 9.88 Å². The maximum absolute atomic E-state index is 15.4. The van der Waals surface area contributed by atoms with Gasteiger partial charge in [-0.05, 0) is 31.4 Å². The zero-order chi connectivity index (χ0) is 24.7. The SMILES string of the molecule is Nc1c(F)c(NCCCNC(=O)c2ccco2)c2c3c1c(=O)c(C(=O)O)cn3C1(CCCC1)CO2. The molecule has 5 rings (SSSR count). The van der Waals surface area contributed by atoms with Gasteiger partial charge in [-0.2, -0.15) is 0 Å². The number of fused-ring (bicyclic) bond motifs is 1. The van der Waals surface area contributed by atoms with Gasteiger partial charge in [0.25, 0.3) is 5.91 Å². The number of carboxylic acids is 1. The van der Waals surface area contributed by atoms with Crippen LogP contribution in [0.1, 0.15) is 53.0 Å². The van der Waals surface area contributed by atoms with Gasteiger partial charge in [-0.1, -0.05) is 12.8 Å². The summed E-state index contributed by atoms with van der Waals surface area (Å²) in [5, 5.41) is 15.1. The van der Waals surface area contributed by atoms with E-state index in [1.807, 2.05) is 0 Å². The summed E-state index contributed by atoms with van der Waals surface area (Å²) in [5.41, 5.74) is 4.17. The number of nitrogens with one attached hydrogen (secondary N) is 2. The molecule has 0 unspecified atom stereocenters. The minimum absolute atomic E-state index is 0.0106. The van der Waals surface area contributed by atoms with E-state index in [9.17, 15) is 19.5 Å². The lowest BCUT2D eigenvalue weighted by Gasteiger charge is -2.39. The molecule has 1 aromatic carbocycles. The fraction of sp³-hybridized carbons (Fsp3) is 0.375. The predicted molar refractivity (Wildman–Crippen MR) is 126 cm³/mol. The van der Waals surface area contributed by atoms with Crippen LogP contribution in [-0.4, -0.2) is 41.2 Å². The van der Waals surface area contributed by atoms with Crippen LogP contribution in [0.2, 0.25) is 0 Å². The number of aromatic carboxylic acids is 1. The van der Waals surface area contributed by atoms with Gasteiger partial charge < -0.3 is 35.2 Å². The Bertz CT molecular complexity index is 1380. The van der Waals surface area contributed by atoms with E-state index in [4.69, 9.17) is 14.9 Å². The number of ether oxygens (including phenoxy) is 1. The van der Waals surface area contributed by atoms with Crippen molar-refractivity contribution >= 4 is 34.2 Å². The number of carbonyl (C=O) groups excluding carboxylic acids is 1. The molecule has 11 heteroatoms. The molecule has 2 aromatic heterocycles. The normalized spacial score (nSPS) is 15.8. The number of halogens is 1. The molecular weight excluding hydrogens is 459 g/mol. The van der Waals surface area contributed by atoms with Crippen LogP contribution in [0.3, 0.4) is 0 Å². The summed E-state index contributed by atoms with van der Waals surface area (Å²) in [6.45, 7) is 0.816. The highest BCUT2D eigenvalue weighted by molar-refractivity contribution is 6.03. The van der Waals surface area contributed by atoms with E-state index in [0.29, 0.717) is 18.5 Å².